The van der Waals surface area contributed by atoms with E-state index in [-0.39, 0.29) is 11.4 Å². The van der Waals surface area contributed by atoms with Gasteiger partial charge in [0, 0.05) is 18.4 Å². The third kappa shape index (κ3) is 3.20. The lowest BCUT2D eigenvalue weighted by atomic mass is 9.53. The molecular weight excluding hydrogens is 346 g/mol. The Hall–Kier alpha value is -1.69. The molecule has 0 aromatic carbocycles. The first kappa shape index (κ1) is 16.5. The number of carbonyl (C=O) groups excluding carboxylic acids is 1. The number of thiophene rings is 1. The highest BCUT2D eigenvalue weighted by Gasteiger charge is 2.51. The summed E-state index contributed by atoms with van der Waals surface area (Å²) in [7, 11) is 0. The van der Waals surface area contributed by atoms with Crippen LogP contribution in [-0.2, 0) is 11.2 Å². The minimum Gasteiger partial charge on any atom is -0.351 e. The van der Waals surface area contributed by atoms with Gasteiger partial charge in [-0.05, 0) is 74.1 Å². The van der Waals surface area contributed by atoms with E-state index < -0.39 is 0 Å². The van der Waals surface area contributed by atoms with Crippen LogP contribution in [0.1, 0.15) is 57.3 Å². The molecule has 1 N–H and O–H groups in total. The molecule has 6 heteroatoms. The molecule has 0 saturated heterocycles. The maximum absolute atomic E-state index is 12.5. The quantitative estimate of drug-likeness (QED) is 0.826. The predicted octanol–water partition coefficient (Wildman–Crippen LogP) is 4.21. The number of nitrogens with zero attached hydrogens (tertiary/aromatic N) is 2. The zero-order valence-corrected chi connectivity index (χ0v) is 15.8. The lowest BCUT2D eigenvalue weighted by Gasteiger charge is -2.56. The monoisotopic (exact) mass is 371 g/mol. The average Bonchev–Trinajstić information content (AvgIpc) is 3.24. The van der Waals surface area contributed by atoms with Crippen molar-refractivity contribution in [3.8, 4) is 10.7 Å². The second-order valence-corrected chi connectivity index (χ2v) is 9.54. The van der Waals surface area contributed by atoms with Crippen LogP contribution in [0, 0.1) is 17.8 Å². The number of amides is 1. The number of nitrogens with one attached hydrogen (secondary N) is 1. The maximum Gasteiger partial charge on any atom is 0.226 e. The lowest BCUT2D eigenvalue weighted by Crippen LogP contribution is -2.59. The maximum atomic E-state index is 12.5. The Bertz CT molecular complexity index is 748. The highest BCUT2D eigenvalue weighted by Crippen LogP contribution is 2.55. The van der Waals surface area contributed by atoms with Gasteiger partial charge in [-0.3, -0.25) is 4.79 Å². The summed E-state index contributed by atoms with van der Waals surface area (Å²) < 4.78 is 5.32. The Morgan fingerprint density at radius 3 is 2.62 bits per heavy atom. The predicted molar refractivity (Wildman–Crippen MR) is 99.6 cm³/mol. The Morgan fingerprint density at radius 1 is 1.23 bits per heavy atom. The van der Waals surface area contributed by atoms with Gasteiger partial charge in [0.1, 0.15) is 0 Å². The number of aromatic nitrogens is 2. The van der Waals surface area contributed by atoms with Crippen LogP contribution in [0.4, 0.5) is 0 Å². The average molecular weight is 372 g/mol. The van der Waals surface area contributed by atoms with Crippen molar-refractivity contribution in [3.63, 3.8) is 0 Å². The summed E-state index contributed by atoms with van der Waals surface area (Å²) in [5.74, 6) is 4.04. The molecule has 0 radical (unpaired) electrons. The summed E-state index contributed by atoms with van der Waals surface area (Å²) in [4.78, 5) is 18.0. The highest BCUT2D eigenvalue weighted by molar-refractivity contribution is 7.13. The van der Waals surface area contributed by atoms with Crippen LogP contribution in [0.15, 0.2) is 22.0 Å². The summed E-state index contributed by atoms with van der Waals surface area (Å²) in [6.07, 6.45) is 9.78. The molecule has 2 heterocycles. The first-order valence-corrected chi connectivity index (χ1v) is 10.7. The topological polar surface area (TPSA) is 68.0 Å². The number of aryl methyl sites for hydroxylation is 1. The van der Waals surface area contributed by atoms with Gasteiger partial charge in [0.05, 0.1) is 4.88 Å². The molecule has 4 aliphatic carbocycles. The Balaban J connectivity index is 1.13. The SMILES string of the molecule is O=C(CCCc1nc(-c2cccs2)no1)NC12CC3CC(CC(C3)C1)C2. The fourth-order valence-electron chi connectivity index (χ4n) is 5.88. The normalized spacial score (nSPS) is 32.1. The van der Waals surface area contributed by atoms with Crippen molar-refractivity contribution in [2.75, 3.05) is 0 Å². The molecule has 2 aromatic rings. The van der Waals surface area contributed by atoms with E-state index in [9.17, 15) is 4.79 Å². The largest absolute Gasteiger partial charge is 0.351 e. The van der Waals surface area contributed by atoms with Gasteiger partial charge < -0.3 is 9.84 Å². The minimum absolute atomic E-state index is 0.114. The molecule has 2 aromatic heterocycles. The molecule has 0 spiro atoms. The first-order valence-electron chi connectivity index (χ1n) is 9.85. The van der Waals surface area contributed by atoms with Gasteiger partial charge in [0.2, 0.25) is 17.6 Å². The Kier molecular flexibility index (Phi) is 4.11. The van der Waals surface area contributed by atoms with Crippen LogP contribution >= 0.6 is 11.3 Å². The van der Waals surface area contributed by atoms with Gasteiger partial charge in [0.15, 0.2) is 0 Å². The fraction of sp³-hybridized carbons (Fsp3) is 0.650. The van der Waals surface area contributed by atoms with Crippen LogP contribution in [0.3, 0.4) is 0 Å². The zero-order valence-electron chi connectivity index (χ0n) is 14.9. The zero-order chi connectivity index (χ0) is 17.6. The Morgan fingerprint density at radius 2 is 1.96 bits per heavy atom. The molecular formula is C20H25N3O2S. The second kappa shape index (κ2) is 6.48. The highest BCUT2D eigenvalue weighted by atomic mass is 32.1. The van der Waals surface area contributed by atoms with Crippen molar-refractivity contribution in [1.29, 1.82) is 0 Å². The second-order valence-electron chi connectivity index (χ2n) is 8.59. The van der Waals surface area contributed by atoms with E-state index in [1.54, 1.807) is 11.3 Å². The Labute approximate surface area is 157 Å². The van der Waals surface area contributed by atoms with Crippen LogP contribution in [0.2, 0.25) is 0 Å². The number of carbonyl (C=O) groups is 1. The standard InChI is InChI=1S/C20H25N3O2S/c24-17(22-20-10-13-7-14(11-20)9-15(8-13)12-20)4-1-5-18-21-19(23-25-18)16-3-2-6-26-16/h2-3,6,13-15H,1,4-5,7-12H2,(H,22,24). The number of rotatable bonds is 6. The van der Waals surface area contributed by atoms with E-state index in [0.29, 0.717) is 24.6 Å². The van der Waals surface area contributed by atoms with Crippen molar-refractivity contribution in [3.05, 3.63) is 23.4 Å². The van der Waals surface area contributed by atoms with Crippen molar-refractivity contribution < 1.29 is 9.32 Å². The molecule has 4 aliphatic rings. The van der Waals surface area contributed by atoms with E-state index in [1.165, 1.54) is 38.5 Å². The molecule has 26 heavy (non-hydrogen) atoms. The molecule has 5 nitrogen and oxygen atoms in total. The summed E-state index contributed by atoms with van der Waals surface area (Å²) in [5.41, 5.74) is 0.114. The molecule has 4 fully saturated rings. The lowest BCUT2D eigenvalue weighted by molar-refractivity contribution is -0.126. The van der Waals surface area contributed by atoms with Gasteiger partial charge in [-0.2, -0.15) is 4.98 Å². The van der Waals surface area contributed by atoms with E-state index >= 15 is 0 Å². The minimum atomic E-state index is 0.114. The summed E-state index contributed by atoms with van der Waals surface area (Å²) in [5, 5.41) is 9.46. The van der Waals surface area contributed by atoms with Crippen LogP contribution in [-0.4, -0.2) is 21.6 Å². The van der Waals surface area contributed by atoms with Crippen molar-refractivity contribution in [2.45, 2.75) is 63.3 Å². The third-order valence-electron chi connectivity index (χ3n) is 6.45. The van der Waals surface area contributed by atoms with Gasteiger partial charge in [-0.25, -0.2) is 0 Å². The van der Waals surface area contributed by atoms with Gasteiger partial charge in [-0.15, -0.1) is 11.3 Å². The molecule has 4 bridgehead atoms. The van der Waals surface area contributed by atoms with Crippen LogP contribution in [0.25, 0.3) is 10.7 Å². The van der Waals surface area contributed by atoms with Gasteiger partial charge in [0.25, 0.3) is 0 Å². The summed E-state index contributed by atoms with van der Waals surface area (Å²) in [6, 6.07) is 3.96. The van der Waals surface area contributed by atoms with E-state index in [4.69, 9.17) is 4.52 Å². The summed E-state index contributed by atoms with van der Waals surface area (Å²) in [6.45, 7) is 0. The van der Waals surface area contributed by atoms with Crippen molar-refractivity contribution >= 4 is 17.2 Å². The van der Waals surface area contributed by atoms with Crippen molar-refractivity contribution in [2.24, 2.45) is 17.8 Å². The van der Waals surface area contributed by atoms with E-state index in [2.05, 4.69) is 15.5 Å². The van der Waals surface area contributed by atoms with Gasteiger partial charge >= 0.3 is 0 Å². The van der Waals surface area contributed by atoms with E-state index in [1.807, 2.05) is 17.5 Å². The number of hydrogen-bond donors (Lipinski definition) is 1. The number of hydrogen-bond acceptors (Lipinski definition) is 5. The molecule has 138 valence electrons. The molecule has 0 aliphatic heterocycles. The van der Waals surface area contributed by atoms with Gasteiger partial charge in [-0.1, -0.05) is 11.2 Å². The van der Waals surface area contributed by atoms with Crippen LogP contribution < -0.4 is 5.32 Å². The summed E-state index contributed by atoms with van der Waals surface area (Å²) >= 11 is 1.60. The fourth-order valence-corrected chi connectivity index (χ4v) is 6.53. The molecule has 0 atom stereocenters. The molecule has 6 rings (SSSR count). The first-order chi connectivity index (χ1) is 12.7. The van der Waals surface area contributed by atoms with Crippen LogP contribution in [0.5, 0.6) is 0 Å². The van der Waals surface area contributed by atoms with Crippen molar-refractivity contribution in [1.82, 2.24) is 15.5 Å². The molecule has 1 amide bonds. The molecule has 0 unspecified atom stereocenters. The van der Waals surface area contributed by atoms with E-state index in [0.717, 1.165) is 29.1 Å². The third-order valence-corrected chi connectivity index (χ3v) is 7.31. The smallest absolute Gasteiger partial charge is 0.226 e. The molecule has 4 saturated carbocycles.